The minimum atomic E-state index is -4.07. The number of anilines is 1. The van der Waals surface area contributed by atoms with Gasteiger partial charge in [0.25, 0.3) is 10.0 Å². The summed E-state index contributed by atoms with van der Waals surface area (Å²) in [4.78, 5) is 28.7. The highest BCUT2D eigenvalue weighted by Crippen LogP contribution is 2.26. The molecule has 0 bridgehead atoms. The zero-order chi connectivity index (χ0) is 27.7. The number of benzene rings is 3. The summed E-state index contributed by atoms with van der Waals surface area (Å²) in [5.74, 6) is -0.702. The van der Waals surface area contributed by atoms with Crippen LogP contribution in [0.2, 0.25) is 0 Å². The smallest absolute Gasteiger partial charge is 0.264 e. The van der Waals surface area contributed by atoms with E-state index in [1.165, 1.54) is 17.0 Å². The molecule has 1 N–H and O–H groups in total. The predicted molar refractivity (Wildman–Crippen MR) is 151 cm³/mol. The second kappa shape index (κ2) is 13.2. The van der Waals surface area contributed by atoms with Gasteiger partial charge in [0.1, 0.15) is 12.6 Å². The molecular weight excluding hydrogens is 498 g/mol. The Bertz CT molecular complexity index is 1330. The van der Waals surface area contributed by atoms with E-state index < -0.39 is 28.5 Å². The summed E-state index contributed by atoms with van der Waals surface area (Å²) in [5.41, 5.74) is 3.18. The van der Waals surface area contributed by atoms with Crippen molar-refractivity contribution in [2.45, 2.75) is 58.0 Å². The molecule has 7 nitrogen and oxygen atoms in total. The fourth-order valence-corrected chi connectivity index (χ4v) is 5.62. The number of hydrogen-bond donors (Lipinski definition) is 1. The zero-order valence-electron chi connectivity index (χ0n) is 22.6. The summed E-state index contributed by atoms with van der Waals surface area (Å²) in [7, 11) is -4.07. The first-order valence-corrected chi connectivity index (χ1v) is 14.4. The Hall–Kier alpha value is -3.65. The van der Waals surface area contributed by atoms with E-state index in [-0.39, 0.29) is 17.3 Å². The third-order valence-corrected chi connectivity index (χ3v) is 8.31. The van der Waals surface area contributed by atoms with Gasteiger partial charge in [-0.1, -0.05) is 68.4 Å². The number of amides is 2. The van der Waals surface area contributed by atoms with Crippen LogP contribution in [-0.4, -0.2) is 44.3 Å². The molecule has 0 saturated heterocycles. The lowest BCUT2D eigenvalue weighted by Gasteiger charge is -2.33. The Morgan fingerprint density at radius 2 is 1.50 bits per heavy atom. The maximum absolute atomic E-state index is 14.0. The molecule has 8 heteroatoms. The van der Waals surface area contributed by atoms with E-state index in [1.54, 1.807) is 30.3 Å². The summed E-state index contributed by atoms with van der Waals surface area (Å²) in [6.45, 7) is 7.91. The highest BCUT2D eigenvalue weighted by Gasteiger charge is 2.33. The molecule has 0 unspecified atom stereocenters. The van der Waals surface area contributed by atoms with Crippen molar-refractivity contribution in [3.05, 3.63) is 95.6 Å². The maximum Gasteiger partial charge on any atom is 0.264 e. The van der Waals surface area contributed by atoms with E-state index in [0.717, 1.165) is 27.4 Å². The van der Waals surface area contributed by atoms with Gasteiger partial charge in [-0.05, 0) is 67.6 Å². The molecule has 0 fully saturated rings. The topological polar surface area (TPSA) is 86.8 Å². The van der Waals surface area contributed by atoms with Gasteiger partial charge in [-0.15, -0.1) is 0 Å². The van der Waals surface area contributed by atoms with Gasteiger partial charge in [-0.2, -0.15) is 0 Å². The molecule has 0 aromatic heterocycles. The van der Waals surface area contributed by atoms with E-state index in [0.29, 0.717) is 18.7 Å². The van der Waals surface area contributed by atoms with Crippen LogP contribution in [-0.2, 0) is 26.2 Å². The van der Waals surface area contributed by atoms with Crippen molar-refractivity contribution in [1.29, 1.82) is 0 Å². The van der Waals surface area contributed by atoms with Gasteiger partial charge in [0, 0.05) is 13.1 Å². The molecule has 202 valence electrons. The fourth-order valence-electron chi connectivity index (χ4n) is 4.19. The normalized spacial score (nSPS) is 12.0. The van der Waals surface area contributed by atoms with E-state index in [9.17, 15) is 18.0 Å². The van der Waals surface area contributed by atoms with Crippen molar-refractivity contribution in [2.24, 2.45) is 0 Å². The largest absolute Gasteiger partial charge is 0.354 e. The Labute approximate surface area is 226 Å². The second-order valence-electron chi connectivity index (χ2n) is 9.32. The first-order chi connectivity index (χ1) is 18.2. The first-order valence-electron chi connectivity index (χ1n) is 12.9. The molecule has 0 heterocycles. The second-order valence-corrected chi connectivity index (χ2v) is 11.2. The third-order valence-electron chi connectivity index (χ3n) is 6.52. The fraction of sp³-hybridized carbons (Fsp3) is 0.333. The van der Waals surface area contributed by atoms with Gasteiger partial charge < -0.3 is 10.2 Å². The van der Waals surface area contributed by atoms with Crippen molar-refractivity contribution >= 4 is 27.5 Å². The number of sulfonamides is 1. The molecule has 38 heavy (non-hydrogen) atoms. The maximum atomic E-state index is 14.0. The average Bonchev–Trinajstić information content (AvgIpc) is 2.92. The quantitative estimate of drug-likeness (QED) is 0.360. The molecule has 0 aliphatic rings. The average molecular weight is 536 g/mol. The van der Waals surface area contributed by atoms with E-state index in [2.05, 4.69) is 5.32 Å². The van der Waals surface area contributed by atoms with Crippen LogP contribution in [0.3, 0.4) is 0 Å². The minimum absolute atomic E-state index is 0.0911. The summed E-state index contributed by atoms with van der Waals surface area (Å²) in [5, 5.41) is 2.89. The van der Waals surface area contributed by atoms with Gasteiger partial charge in [0.2, 0.25) is 11.8 Å². The van der Waals surface area contributed by atoms with Crippen LogP contribution in [0.1, 0.15) is 43.4 Å². The molecule has 0 saturated carbocycles. The molecule has 2 amide bonds. The summed E-state index contributed by atoms with van der Waals surface area (Å²) in [6, 6.07) is 22.1. The lowest BCUT2D eigenvalue weighted by Crippen LogP contribution is -2.52. The van der Waals surface area contributed by atoms with Crippen molar-refractivity contribution in [3.63, 3.8) is 0 Å². The number of hydrogen-bond acceptors (Lipinski definition) is 4. The highest BCUT2D eigenvalue weighted by molar-refractivity contribution is 7.92. The lowest BCUT2D eigenvalue weighted by atomic mass is 10.1. The number of carbonyl (C=O) groups is 2. The Balaban J connectivity index is 2.05. The summed E-state index contributed by atoms with van der Waals surface area (Å²) >= 11 is 0. The summed E-state index contributed by atoms with van der Waals surface area (Å²) < 4.78 is 28.8. The molecular formula is C30H37N3O4S. The molecule has 3 aromatic rings. The van der Waals surface area contributed by atoms with E-state index in [4.69, 9.17) is 0 Å². The zero-order valence-corrected chi connectivity index (χ0v) is 23.4. The van der Waals surface area contributed by atoms with Crippen molar-refractivity contribution in [2.75, 3.05) is 17.4 Å². The van der Waals surface area contributed by atoms with Crippen molar-refractivity contribution in [3.8, 4) is 0 Å². The molecule has 0 aliphatic carbocycles. The van der Waals surface area contributed by atoms with Crippen LogP contribution in [0.4, 0.5) is 5.69 Å². The summed E-state index contributed by atoms with van der Waals surface area (Å²) in [6.07, 6.45) is 1.16. The van der Waals surface area contributed by atoms with Crippen molar-refractivity contribution < 1.29 is 18.0 Å². The lowest BCUT2D eigenvalue weighted by molar-refractivity contribution is -0.140. The first kappa shape index (κ1) is 28.9. The Morgan fingerprint density at radius 3 is 2.08 bits per heavy atom. The van der Waals surface area contributed by atoms with Gasteiger partial charge in [0.05, 0.1) is 10.6 Å². The van der Waals surface area contributed by atoms with Crippen LogP contribution >= 0.6 is 0 Å². The molecule has 0 radical (unpaired) electrons. The molecule has 3 aromatic carbocycles. The van der Waals surface area contributed by atoms with E-state index in [1.807, 2.05) is 64.1 Å². The Morgan fingerprint density at radius 1 is 0.868 bits per heavy atom. The van der Waals surface area contributed by atoms with E-state index >= 15 is 0 Å². The van der Waals surface area contributed by atoms with Gasteiger partial charge in [-0.3, -0.25) is 13.9 Å². The van der Waals surface area contributed by atoms with Crippen LogP contribution in [0.25, 0.3) is 0 Å². The third kappa shape index (κ3) is 7.01. The SMILES string of the molecule is CCCNC(=O)[C@@H](CC)N(Cc1ccccc1)C(=O)CN(c1ccc(C)c(C)c1)S(=O)(=O)c1ccccc1. The number of rotatable bonds is 12. The van der Waals surface area contributed by atoms with Gasteiger partial charge >= 0.3 is 0 Å². The number of carbonyl (C=O) groups excluding carboxylic acids is 2. The number of nitrogens with zero attached hydrogens (tertiary/aromatic N) is 2. The number of aryl methyl sites for hydroxylation is 2. The van der Waals surface area contributed by atoms with Crippen LogP contribution in [0.5, 0.6) is 0 Å². The predicted octanol–water partition coefficient (Wildman–Crippen LogP) is 4.83. The molecule has 0 spiro atoms. The standard InChI is InChI=1S/C30H37N3O4S/c1-5-19-31-30(35)28(6-2)32(21-25-13-9-7-10-14-25)29(34)22-33(26-18-17-23(3)24(4)20-26)38(36,37)27-15-11-8-12-16-27/h7-18,20,28H,5-6,19,21-22H2,1-4H3,(H,31,35)/t28-/m1/s1. The van der Waals surface area contributed by atoms with Gasteiger partial charge in [0.15, 0.2) is 0 Å². The molecule has 3 rings (SSSR count). The molecule has 1 atom stereocenters. The number of nitrogens with one attached hydrogen (secondary N) is 1. The Kier molecular flexibility index (Phi) is 10.1. The van der Waals surface area contributed by atoms with Crippen molar-refractivity contribution in [1.82, 2.24) is 10.2 Å². The van der Waals surface area contributed by atoms with Crippen LogP contribution in [0, 0.1) is 13.8 Å². The molecule has 0 aliphatic heterocycles. The minimum Gasteiger partial charge on any atom is -0.354 e. The highest BCUT2D eigenvalue weighted by atomic mass is 32.2. The van der Waals surface area contributed by atoms with Crippen LogP contribution < -0.4 is 9.62 Å². The van der Waals surface area contributed by atoms with Crippen LogP contribution in [0.15, 0.2) is 83.8 Å². The van der Waals surface area contributed by atoms with Gasteiger partial charge in [-0.25, -0.2) is 8.42 Å². The monoisotopic (exact) mass is 535 g/mol.